The zero-order valence-corrected chi connectivity index (χ0v) is 13.3. The van der Waals surface area contributed by atoms with Crippen LogP contribution in [0, 0.1) is 0 Å². The number of carbonyl (C=O) groups excluding carboxylic acids is 2. The quantitative estimate of drug-likeness (QED) is 0.764. The maximum atomic E-state index is 12.6. The van der Waals surface area contributed by atoms with Crippen molar-refractivity contribution in [2.24, 2.45) is 0 Å². The third-order valence-corrected chi connectivity index (χ3v) is 3.81. The first-order chi connectivity index (χ1) is 12.0. The number of carbonyl (C=O) groups is 2. The molecule has 126 valence electrons. The van der Waals surface area contributed by atoms with E-state index >= 15 is 0 Å². The number of aromatic nitrogens is 2. The van der Waals surface area contributed by atoms with Crippen molar-refractivity contribution in [2.75, 3.05) is 5.32 Å². The minimum Gasteiger partial charge on any atom is -0.543 e. The van der Waals surface area contributed by atoms with E-state index < -0.39 is 23.5 Å². The van der Waals surface area contributed by atoms with Gasteiger partial charge in [0, 0.05) is 11.1 Å². The fourth-order valence-corrected chi connectivity index (χ4v) is 2.50. The Hall–Kier alpha value is -3.48. The lowest BCUT2D eigenvalue weighted by atomic mass is 10.1. The molecule has 7 heteroatoms. The van der Waals surface area contributed by atoms with Crippen LogP contribution in [0.2, 0.25) is 0 Å². The van der Waals surface area contributed by atoms with E-state index in [0.717, 1.165) is 4.68 Å². The largest absolute Gasteiger partial charge is 0.543 e. The highest BCUT2D eigenvalue weighted by Gasteiger charge is 2.20. The predicted molar refractivity (Wildman–Crippen MR) is 90.1 cm³/mol. The van der Waals surface area contributed by atoms with E-state index in [9.17, 15) is 19.5 Å². The molecule has 1 atom stereocenters. The van der Waals surface area contributed by atoms with Crippen LogP contribution in [0.4, 0.5) is 5.69 Å². The van der Waals surface area contributed by atoms with Crippen molar-refractivity contribution in [3.05, 3.63) is 70.6 Å². The highest BCUT2D eigenvalue weighted by molar-refractivity contribution is 6.00. The number of carboxylic acids is 1. The van der Waals surface area contributed by atoms with Crippen LogP contribution in [-0.2, 0) is 4.79 Å². The number of carboxylic acid groups (broad SMARTS) is 1. The molecule has 0 aliphatic rings. The summed E-state index contributed by atoms with van der Waals surface area (Å²) in [5.41, 5.74) is -0.362. The number of benzene rings is 2. The van der Waals surface area contributed by atoms with Crippen LogP contribution < -0.4 is 16.0 Å². The van der Waals surface area contributed by atoms with Crippen molar-refractivity contribution < 1.29 is 14.7 Å². The first-order valence-electron chi connectivity index (χ1n) is 7.58. The summed E-state index contributed by atoms with van der Waals surface area (Å²) in [6, 6.07) is 13.9. The van der Waals surface area contributed by atoms with E-state index in [1.165, 1.54) is 19.1 Å². The Morgan fingerprint density at radius 3 is 2.28 bits per heavy atom. The van der Waals surface area contributed by atoms with Gasteiger partial charge in [0.15, 0.2) is 0 Å². The van der Waals surface area contributed by atoms with Gasteiger partial charge in [0.2, 0.25) is 5.91 Å². The number of nitrogens with zero attached hydrogens (tertiary/aromatic N) is 2. The lowest BCUT2D eigenvalue weighted by Crippen LogP contribution is -2.36. The van der Waals surface area contributed by atoms with Crippen LogP contribution in [0.3, 0.4) is 0 Å². The zero-order chi connectivity index (χ0) is 18.0. The normalized spacial score (nSPS) is 11.9. The Kier molecular flexibility index (Phi) is 4.30. The molecule has 0 radical (unpaired) electrons. The van der Waals surface area contributed by atoms with Crippen molar-refractivity contribution in [1.29, 1.82) is 0 Å². The zero-order valence-electron chi connectivity index (χ0n) is 13.3. The highest BCUT2D eigenvalue weighted by Crippen LogP contribution is 2.15. The van der Waals surface area contributed by atoms with Gasteiger partial charge in [0.05, 0.1) is 11.4 Å². The monoisotopic (exact) mass is 336 g/mol. The van der Waals surface area contributed by atoms with Gasteiger partial charge < -0.3 is 15.2 Å². The maximum Gasteiger partial charge on any atom is 0.275 e. The van der Waals surface area contributed by atoms with Crippen molar-refractivity contribution in [3.8, 4) is 0 Å². The van der Waals surface area contributed by atoms with E-state index in [2.05, 4.69) is 10.4 Å². The summed E-state index contributed by atoms with van der Waals surface area (Å²) >= 11 is 0. The molecule has 1 N–H and O–H groups in total. The molecule has 0 saturated heterocycles. The Balaban J connectivity index is 2.05. The van der Waals surface area contributed by atoms with E-state index in [-0.39, 0.29) is 16.5 Å². The number of fused-ring (bicyclic) bond motifs is 1. The second kappa shape index (κ2) is 6.56. The summed E-state index contributed by atoms with van der Waals surface area (Å²) in [6.45, 7) is 1.47. The molecule has 0 bridgehead atoms. The molecule has 0 unspecified atom stereocenters. The second-order valence-electron chi connectivity index (χ2n) is 5.46. The molecule has 2 aromatic carbocycles. The second-order valence-corrected chi connectivity index (χ2v) is 5.46. The van der Waals surface area contributed by atoms with Gasteiger partial charge in [0.25, 0.3) is 5.56 Å². The van der Waals surface area contributed by atoms with Crippen LogP contribution in [0.15, 0.2) is 59.4 Å². The third kappa shape index (κ3) is 3.12. The van der Waals surface area contributed by atoms with Gasteiger partial charge in [0.1, 0.15) is 11.7 Å². The number of para-hydroxylation sites is 1. The number of anilines is 1. The first kappa shape index (κ1) is 16.4. The summed E-state index contributed by atoms with van der Waals surface area (Å²) in [5.74, 6) is -2.00. The molecule has 0 spiro atoms. The molecule has 0 aliphatic heterocycles. The van der Waals surface area contributed by atoms with Crippen molar-refractivity contribution in [3.63, 3.8) is 0 Å². The SMILES string of the molecule is C[C@@H](C(=O)Nc1ccccc1)n1nc(C(=O)[O-])c2ccccc2c1=O. The van der Waals surface area contributed by atoms with Gasteiger partial charge in [-0.2, -0.15) is 5.10 Å². The van der Waals surface area contributed by atoms with Gasteiger partial charge in [-0.05, 0) is 25.1 Å². The number of hydrogen-bond acceptors (Lipinski definition) is 5. The lowest BCUT2D eigenvalue weighted by Gasteiger charge is -2.17. The molecule has 1 heterocycles. The standard InChI is InChI=1S/C18H15N3O4/c1-11(16(22)19-12-7-3-2-4-8-12)21-17(23)14-10-6-5-9-13(14)15(20-21)18(24)25/h2-11H,1H3,(H,19,22)(H,24,25)/p-1/t11-/m0/s1. The summed E-state index contributed by atoms with van der Waals surface area (Å²) in [5, 5.41) is 18.2. The molecule has 0 saturated carbocycles. The Bertz CT molecular complexity index is 1010. The molecular formula is C18H14N3O4-. The molecule has 0 fully saturated rings. The molecular weight excluding hydrogens is 322 g/mol. The van der Waals surface area contributed by atoms with E-state index in [1.54, 1.807) is 42.5 Å². The number of rotatable bonds is 4. The maximum absolute atomic E-state index is 12.6. The minimum absolute atomic E-state index is 0.163. The van der Waals surface area contributed by atoms with E-state index in [1.807, 2.05) is 0 Å². The molecule has 1 aromatic heterocycles. The van der Waals surface area contributed by atoms with E-state index in [0.29, 0.717) is 5.69 Å². The smallest absolute Gasteiger partial charge is 0.275 e. The Labute approximate surface area is 142 Å². The molecule has 0 aliphatic carbocycles. The number of hydrogen-bond donors (Lipinski definition) is 1. The molecule has 3 rings (SSSR count). The fourth-order valence-electron chi connectivity index (χ4n) is 2.50. The van der Waals surface area contributed by atoms with Gasteiger partial charge in [-0.25, -0.2) is 4.68 Å². The third-order valence-electron chi connectivity index (χ3n) is 3.81. The molecule has 7 nitrogen and oxygen atoms in total. The molecule has 25 heavy (non-hydrogen) atoms. The first-order valence-corrected chi connectivity index (χ1v) is 7.58. The summed E-state index contributed by atoms with van der Waals surface area (Å²) in [6.07, 6.45) is 0. The molecule has 1 amide bonds. The summed E-state index contributed by atoms with van der Waals surface area (Å²) in [7, 11) is 0. The van der Waals surface area contributed by atoms with Crippen LogP contribution >= 0.6 is 0 Å². The van der Waals surface area contributed by atoms with Crippen LogP contribution in [0.5, 0.6) is 0 Å². The topological polar surface area (TPSA) is 104 Å². The van der Waals surface area contributed by atoms with Gasteiger partial charge in [-0.15, -0.1) is 0 Å². The van der Waals surface area contributed by atoms with Crippen molar-refractivity contribution >= 4 is 28.3 Å². The van der Waals surface area contributed by atoms with Crippen LogP contribution in [0.25, 0.3) is 10.8 Å². The average Bonchev–Trinajstić information content (AvgIpc) is 2.62. The van der Waals surface area contributed by atoms with Crippen LogP contribution in [-0.4, -0.2) is 21.7 Å². The average molecular weight is 336 g/mol. The summed E-state index contributed by atoms with van der Waals surface area (Å²) in [4.78, 5) is 36.4. The lowest BCUT2D eigenvalue weighted by molar-refractivity contribution is -0.255. The number of nitrogens with one attached hydrogen (secondary N) is 1. The predicted octanol–water partition coefficient (Wildman–Crippen LogP) is 0.960. The van der Waals surface area contributed by atoms with Crippen molar-refractivity contribution in [2.45, 2.75) is 13.0 Å². The fraction of sp³-hybridized carbons (Fsp3) is 0.111. The number of amides is 1. The van der Waals surface area contributed by atoms with Gasteiger partial charge in [-0.1, -0.05) is 36.4 Å². The Morgan fingerprint density at radius 2 is 1.64 bits per heavy atom. The molecule has 3 aromatic rings. The van der Waals surface area contributed by atoms with Gasteiger partial charge >= 0.3 is 0 Å². The minimum atomic E-state index is -1.51. The van der Waals surface area contributed by atoms with Gasteiger partial charge in [-0.3, -0.25) is 9.59 Å². The van der Waals surface area contributed by atoms with E-state index in [4.69, 9.17) is 0 Å². The van der Waals surface area contributed by atoms with Crippen LogP contribution in [0.1, 0.15) is 23.5 Å². The highest BCUT2D eigenvalue weighted by atomic mass is 16.4. The Morgan fingerprint density at radius 1 is 1.04 bits per heavy atom. The summed E-state index contributed by atoms with van der Waals surface area (Å²) < 4.78 is 0.867. The van der Waals surface area contributed by atoms with Crippen molar-refractivity contribution in [1.82, 2.24) is 9.78 Å². The number of aromatic carboxylic acids is 1.